The summed E-state index contributed by atoms with van der Waals surface area (Å²) in [6.45, 7) is 10.7. The zero-order valence-corrected chi connectivity index (χ0v) is 20.9. The van der Waals surface area contributed by atoms with E-state index in [4.69, 9.17) is 0 Å². The van der Waals surface area contributed by atoms with Crippen LogP contribution in [0.4, 0.5) is 11.4 Å². The number of amides is 2. The van der Waals surface area contributed by atoms with Crippen LogP contribution < -0.4 is 10.2 Å². The number of hydrogen-bond donors (Lipinski definition) is 1. The molecule has 3 unspecified atom stereocenters. The number of nitrogens with one attached hydrogen (secondary N) is 1. The van der Waals surface area contributed by atoms with E-state index < -0.39 is 0 Å². The van der Waals surface area contributed by atoms with Gasteiger partial charge in [-0.15, -0.1) is 0 Å². The van der Waals surface area contributed by atoms with Gasteiger partial charge in [0.25, 0.3) is 5.91 Å². The second kappa shape index (κ2) is 8.44. The van der Waals surface area contributed by atoms with Crippen molar-refractivity contribution in [2.75, 3.05) is 23.3 Å². The van der Waals surface area contributed by atoms with Crippen LogP contribution in [-0.4, -0.2) is 41.9 Å². The van der Waals surface area contributed by atoms with Crippen molar-refractivity contribution < 1.29 is 9.59 Å². The van der Waals surface area contributed by atoms with Gasteiger partial charge in [-0.25, -0.2) is 0 Å². The van der Waals surface area contributed by atoms with Crippen molar-refractivity contribution in [2.24, 2.45) is 10.8 Å². The normalized spacial score (nSPS) is 26.1. The standard InChI is InChI=1S/C29H37N3O2/c1-20(31-15-7-9-21-8-5-6-10-25(21)31)26(33)30-23-13-11-22(12-14-23)27(34)32-19-29(4)17-24(32)16-28(2,3)18-29/h5-6,8,10-14,20,24H,7,9,15-19H2,1-4H3,(H,30,33). The van der Waals surface area contributed by atoms with Gasteiger partial charge in [0.15, 0.2) is 0 Å². The molecule has 1 N–H and O–H groups in total. The molecule has 2 heterocycles. The van der Waals surface area contributed by atoms with E-state index in [1.807, 2.05) is 37.3 Å². The van der Waals surface area contributed by atoms with Gasteiger partial charge >= 0.3 is 0 Å². The Balaban J connectivity index is 1.25. The maximum Gasteiger partial charge on any atom is 0.254 e. The first kappa shape index (κ1) is 22.9. The molecule has 1 saturated heterocycles. The molecule has 0 radical (unpaired) electrons. The van der Waals surface area contributed by atoms with Gasteiger partial charge in [0, 0.05) is 36.1 Å². The summed E-state index contributed by atoms with van der Waals surface area (Å²) in [6.07, 6.45) is 5.46. The van der Waals surface area contributed by atoms with Crippen LogP contribution in [0, 0.1) is 10.8 Å². The van der Waals surface area contributed by atoms with Gasteiger partial charge in [-0.2, -0.15) is 0 Å². The molecular formula is C29H37N3O2. The molecule has 5 heteroatoms. The van der Waals surface area contributed by atoms with E-state index in [0.717, 1.165) is 50.1 Å². The Labute approximate surface area is 203 Å². The first-order valence-corrected chi connectivity index (χ1v) is 12.7. The number of aryl methyl sites for hydroxylation is 1. The molecule has 2 aromatic rings. The highest BCUT2D eigenvalue weighted by Crippen LogP contribution is 2.52. The zero-order chi connectivity index (χ0) is 24.1. The molecule has 2 fully saturated rings. The van der Waals surface area contributed by atoms with Crippen LogP contribution >= 0.6 is 0 Å². The van der Waals surface area contributed by atoms with E-state index in [9.17, 15) is 9.59 Å². The summed E-state index contributed by atoms with van der Waals surface area (Å²) in [4.78, 5) is 30.7. The van der Waals surface area contributed by atoms with Crippen LogP contribution in [0.3, 0.4) is 0 Å². The smallest absolute Gasteiger partial charge is 0.254 e. The Morgan fingerprint density at radius 2 is 1.76 bits per heavy atom. The van der Waals surface area contributed by atoms with Crippen molar-refractivity contribution in [2.45, 2.75) is 71.9 Å². The number of fused-ring (bicyclic) bond motifs is 3. The Bertz CT molecular complexity index is 1090. The molecule has 5 nitrogen and oxygen atoms in total. The number of anilines is 2. The van der Waals surface area contributed by atoms with Gasteiger partial charge in [0.2, 0.25) is 5.91 Å². The molecule has 34 heavy (non-hydrogen) atoms. The van der Waals surface area contributed by atoms with Crippen LogP contribution in [0.1, 0.15) is 69.3 Å². The minimum atomic E-state index is -0.268. The first-order chi connectivity index (χ1) is 16.1. The third-order valence-electron chi connectivity index (χ3n) is 8.07. The summed E-state index contributed by atoms with van der Waals surface area (Å²) in [6, 6.07) is 15.8. The lowest BCUT2D eigenvalue weighted by molar-refractivity contribution is -0.117. The Morgan fingerprint density at radius 3 is 2.53 bits per heavy atom. The van der Waals surface area contributed by atoms with Gasteiger partial charge in [-0.05, 0) is 85.8 Å². The maximum atomic E-state index is 13.3. The van der Waals surface area contributed by atoms with Crippen LogP contribution in [0.2, 0.25) is 0 Å². The molecule has 1 saturated carbocycles. The Morgan fingerprint density at radius 1 is 1.03 bits per heavy atom. The third kappa shape index (κ3) is 4.33. The molecular weight excluding hydrogens is 422 g/mol. The molecule has 2 amide bonds. The molecule has 1 aliphatic carbocycles. The van der Waals surface area contributed by atoms with Crippen molar-refractivity contribution >= 4 is 23.2 Å². The number of benzene rings is 2. The van der Waals surface area contributed by atoms with Crippen LogP contribution in [0.25, 0.3) is 0 Å². The highest BCUT2D eigenvalue weighted by Gasteiger charge is 2.51. The lowest BCUT2D eigenvalue weighted by atomic mass is 9.65. The molecule has 2 aromatic carbocycles. The van der Waals surface area contributed by atoms with E-state index in [0.29, 0.717) is 11.6 Å². The SMILES string of the molecule is CC(C(=O)Nc1ccc(C(=O)N2CC3(C)CC2CC(C)(C)C3)cc1)N1CCCc2ccccc21. The lowest BCUT2D eigenvalue weighted by Crippen LogP contribution is -2.44. The fourth-order valence-corrected chi connectivity index (χ4v) is 6.91. The minimum absolute atomic E-state index is 0.0284. The zero-order valence-electron chi connectivity index (χ0n) is 20.9. The second-order valence-electron chi connectivity index (χ2n) is 11.8. The number of rotatable bonds is 4. The fraction of sp³-hybridized carbons (Fsp3) is 0.517. The topological polar surface area (TPSA) is 52.7 Å². The van der Waals surface area contributed by atoms with Crippen molar-refractivity contribution in [1.82, 2.24) is 4.90 Å². The molecule has 180 valence electrons. The van der Waals surface area contributed by atoms with E-state index in [-0.39, 0.29) is 28.7 Å². The fourth-order valence-electron chi connectivity index (χ4n) is 6.91. The minimum Gasteiger partial charge on any atom is -0.360 e. The van der Waals surface area contributed by atoms with Gasteiger partial charge in [0.1, 0.15) is 6.04 Å². The van der Waals surface area contributed by atoms with E-state index in [2.05, 4.69) is 54.1 Å². The number of likely N-dealkylation sites (tertiary alicyclic amines) is 1. The van der Waals surface area contributed by atoms with Crippen molar-refractivity contribution in [3.05, 3.63) is 59.7 Å². The molecule has 2 aliphatic heterocycles. The van der Waals surface area contributed by atoms with Crippen molar-refractivity contribution in [1.29, 1.82) is 0 Å². The predicted molar refractivity (Wildman–Crippen MR) is 137 cm³/mol. The summed E-state index contributed by atoms with van der Waals surface area (Å²) >= 11 is 0. The highest BCUT2D eigenvalue weighted by atomic mass is 16.2. The number of hydrogen-bond acceptors (Lipinski definition) is 3. The second-order valence-corrected chi connectivity index (χ2v) is 11.8. The van der Waals surface area contributed by atoms with Crippen LogP contribution in [0.5, 0.6) is 0 Å². The van der Waals surface area contributed by atoms with Crippen molar-refractivity contribution in [3.8, 4) is 0 Å². The Kier molecular flexibility index (Phi) is 5.70. The Hall–Kier alpha value is -2.82. The lowest BCUT2D eigenvalue weighted by Gasteiger charge is -2.39. The summed E-state index contributed by atoms with van der Waals surface area (Å²) in [7, 11) is 0. The van der Waals surface area contributed by atoms with Crippen molar-refractivity contribution in [3.63, 3.8) is 0 Å². The third-order valence-corrected chi connectivity index (χ3v) is 8.07. The number of nitrogens with zero attached hydrogens (tertiary/aromatic N) is 2. The number of carbonyl (C=O) groups excluding carboxylic acids is 2. The molecule has 2 bridgehead atoms. The summed E-state index contributed by atoms with van der Waals surface area (Å²) in [5.74, 6) is 0.0851. The van der Waals surface area contributed by atoms with E-state index >= 15 is 0 Å². The molecule has 3 aliphatic rings. The van der Waals surface area contributed by atoms with Crippen LogP contribution in [-0.2, 0) is 11.2 Å². The summed E-state index contributed by atoms with van der Waals surface area (Å²) in [5, 5.41) is 3.05. The average Bonchev–Trinajstić information content (AvgIpc) is 3.06. The van der Waals surface area contributed by atoms with Gasteiger partial charge in [-0.1, -0.05) is 39.0 Å². The van der Waals surface area contributed by atoms with Crippen LogP contribution in [0.15, 0.2) is 48.5 Å². The van der Waals surface area contributed by atoms with Gasteiger partial charge < -0.3 is 15.1 Å². The summed E-state index contributed by atoms with van der Waals surface area (Å²) in [5.41, 5.74) is 4.40. The molecule has 3 atom stereocenters. The quantitative estimate of drug-likeness (QED) is 0.656. The summed E-state index contributed by atoms with van der Waals surface area (Å²) < 4.78 is 0. The van der Waals surface area contributed by atoms with Gasteiger partial charge in [-0.3, -0.25) is 9.59 Å². The average molecular weight is 460 g/mol. The molecule has 0 spiro atoms. The van der Waals surface area contributed by atoms with E-state index in [1.165, 1.54) is 12.0 Å². The predicted octanol–water partition coefficient (Wildman–Crippen LogP) is 5.51. The molecule has 0 aromatic heterocycles. The maximum absolute atomic E-state index is 13.3. The van der Waals surface area contributed by atoms with Gasteiger partial charge in [0.05, 0.1) is 0 Å². The van der Waals surface area contributed by atoms with E-state index in [1.54, 1.807) is 0 Å². The number of para-hydroxylation sites is 1. The first-order valence-electron chi connectivity index (χ1n) is 12.7. The highest BCUT2D eigenvalue weighted by molar-refractivity contribution is 5.98. The molecule has 5 rings (SSSR count). The monoisotopic (exact) mass is 459 g/mol. The largest absolute Gasteiger partial charge is 0.360 e. The number of carbonyl (C=O) groups is 2.